The van der Waals surface area contributed by atoms with Gasteiger partial charge in [0.15, 0.2) is 11.5 Å². The molecular weight excluding hydrogens is 418 g/mol. The first-order valence-electron chi connectivity index (χ1n) is 6.42. The first-order chi connectivity index (χ1) is 10.1. The van der Waals surface area contributed by atoms with E-state index >= 15 is 0 Å². The summed E-state index contributed by atoms with van der Waals surface area (Å²) in [6.45, 7) is 0. The van der Waals surface area contributed by atoms with Gasteiger partial charge in [-0.1, -0.05) is 6.07 Å². The summed E-state index contributed by atoms with van der Waals surface area (Å²) in [6, 6.07) is 8.46. The number of ether oxygens (including phenoxy) is 2. The van der Waals surface area contributed by atoms with Gasteiger partial charge in [0.05, 0.1) is 18.0 Å². The molecular formula is C15H17Br2NO2S. The highest BCUT2D eigenvalue weighted by atomic mass is 79.9. The Morgan fingerprint density at radius 2 is 1.86 bits per heavy atom. The van der Waals surface area contributed by atoms with Gasteiger partial charge in [0.2, 0.25) is 0 Å². The summed E-state index contributed by atoms with van der Waals surface area (Å²) in [4.78, 5) is 1.28. The Balaban J connectivity index is 2.22. The van der Waals surface area contributed by atoms with Crippen molar-refractivity contribution in [2.45, 2.75) is 12.5 Å². The minimum atomic E-state index is 0.260. The van der Waals surface area contributed by atoms with Crippen molar-refractivity contribution >= 4 is 43.2 Å². The van der Waals surface area contributed by atoms with E-state index in [9.17, 15) is 0 Å². The molecule has 3 nitrogen and oxygen atoms in total. The molecule has 0 saturated heterocycles. The number of hydrogen-bond acceptors (Lipinski definition) is 4. The molecule has 0 amide bonds. The van der Waals surface area contributed by atoms with E-state index in [1.807, 2.05) is 19.2 Å². The van der Waals surface area contributed by atoms with Gasteiger partial charge < -0.3 is 14.8 Å². The molecule has 1 atom stereocenters. The van der Waals surface area contributed by atoms with Crippen molar-refractivity contribution in [2.75, 3.05) is 21.3 Å². The zero-order valence-electron chi connectivity index (χ0n) is 12.1. The van der Waals surface area contributed by atoms with Gasteiger partial charge in [-0.25, -0.2) is 0 Å². The smallest absolute Gasteiger partial charge is 0.160 e. The molecule has 0 aliphatic heterocycles. The third kappa shape index (κ3) is 4.00. The van der Waals surface area contributed by atoms with Crippen LogP contribution in [-0.2, 0) is 6.42 Å². The summed E-state index contributed by atoms with van der Waals surface area (Å²) in [6.07, 6.45) is 0.885. The summed E-state index contributed by atoms with van der Waals surface area (Å²) in [5.74, 6) is 1.52. The van der Waals surface area contributed by atoms with Crippen molar-refractivity contribution in [3.05, 3.63) is 43.0 Å². The minimum absolute atomic E-state index is 0.260. The summed E-state index contributed by atoms with van der Waals surface area (Å²) in [5, 5.41) is 3.37. The van der Waals surface area contributed by atoms with E-state index in [0.717, 1.165) is 26.2 Å². The van der Waals surface area contributed by atoms with E-state index in [0.29, 0.717) is 0 Å². The quantitative estimate of drug-likeness (QED) is 0.708. The summed E-state index contributed by atoms with van der Waals surface area (Å²) < 4.78 is 12.8. The first-order valence-corrected chi connectivity index (χ1v) is 8.82. The second-order valence-corrected chi connectivity index (χ2v) is 7.76. The zero-order chi connectivity index (χ0) is 15.4. The fraction of sp³-hybridized carbons (Fsp3) is 0.333. The lowest BCUT2D eigenvalue weighted by Gasteiger charge is -2.16. The molecule has 0 aliphatic carbocycles. The molecule has 2 rings (SSSR count). The lowest BCUT2D eigenvalue weighted by molar-refractivity contribution is 0.354. The predicted octanol–water partition coefficient (Wildman–Crippen LogP) is 4.79. The maximum absolute atomic E-state index is 5.36. The van der Waals surface area contributed by atoms with Gasteiger partial charge >= 0.3 is 0 Å². The number of halogens is 2. The average molecular weight is 435 g/mol. The molecule has 2 aromatic rings. The highest BCUT2D eigenvalue weighted by Gasteiger charge is 2.16. The Morgan fingerprint density at radius 3 is 2.38 bits per heavy atom. The first kappa shape index (κ1) is 16.8. The Bertz CT molecular complexity index is 596. The Morgan fingerprint density at radius 1 is 1.14 bits per heavy atom. The molecule has 0 spiro atoms. The monoisotopic (exact) mass is 433 g/mol. The number of hydrogen-bond donors (Lipinski definition) is 1. The maximum atomic E-state index is 5.36. The molecule has 1 N–H and O–H groups in total. The van der Waals surface area contributed by atoms with Crippen LogP contribution in [0.25, 0.3) is 0 Å². The molecule has 6 heteroatoms. The zero-order valence-corrected chi connectivity index (χ0v) is 16.1. The van der Waals surface area contributed by atoms with Crippen LogP contribution in [0.3, 0.4) is 0 Å². The lowest BCUT2D eigenvalue weighted by Crippen LogP contribution is -2.17. The molecule has 0 saturated carbocycles. The molecule has 1 unspecified atom stereocenters. The molecule has 1 aromatic heterocycles. The predicted molar refractivity (Wildman–Crippen MR) is 94.8 cm³/mol. The fourth-order valence-corrected chi connectivity index (χ4v) is 4.32. The van der Waals surface area contributed by atoms with Gasteiger partial charge in [-0.2, -0.15) is 0 Å². The number of likely N-dealkylation sites (N-methyl/N-ethyl adjacent to an activating group) is 1. The van der Waals surface area contributed by atoms with Crippen molar-refractivity contribution in [1.29, 1.82) is 0 Å². The van der Waals surface area contributed by atoms with Gasteiger partial charge in [-0.15, -0.1) is 11.3 Å². The van der Waals surface area contributed by atoms with Gasteiger partial charge in [-0.3, -0.25) is 0 Å². The van der Waals surface area contributed by atoms with E-state index in [1.165, 1.54) is 10.4 Å². The topological polar surface area (TPSA) is 30.5 Å². The molecule has 1 aromatic carbocycles. The highest BCUT2D eigenvalue weighted by molar-refractivity contribution is 9.13. The second-order valence-electron chi connectivity index (χ2n) is 4.51. The second kappa shape index (κ2) is 7.63. The van der Waals surface area contributed by atoms with E-state index in [-0.39, 0.29) is 6.04 Å². The summed E-state index contributed by atoms with van der Waals surface area (Å²) >= 11 is 8.82. The van der Waals surface area contributed by atoms with Crippen molar-refractivity contribution in [3.8, 4) is 11.5 Å². The molecule has 114 valence electrons. The van der Waals surface area contributed by atoms with Crippen molar-refractivity contribution < 1.29 is 9.47 Å². The van der Waals surface area contributed by atoms with Crippen LogP contribution in [0.2, 0.25) is 0 Å². The Hall–Kier alpha value is -0.560. The molecule has 0 bridgehead atoms. The number of rotatable bonds is 6. The lowest BCUT2D eigenvalue weighted by atomic mass is 10.0. The van der Waals surface area contributed by atoms with Crippen molar-refractivity contribution in [3.63, 3.8) is 0 Å². The third-order valence-corrected chi connectivity index (χ3v) is 6.61. The normalized spacial score (nSPS) is 12.2. The maximum Gasteiger partial charge on any atom is 0.160 e. The van der Waals surface area contributed by atoms with Gasteiger partial charge in [0.25, 0.3) is 0 Å². The van der Waals surface area contributed by atoms with Gasteiger partial charge in [-0.05, 0) is 69.1 Å². The van der Waals surface area contributed by atoms with Crippen LogP contribution >= 0.6 is 43.2 Å². The molecule has 1 heterocycles. The van der Waals surface area contributed by atoms with Crippen LogP contribution in [0, 0.1) is 0 Å². The van der Waals surface area contributed by atoms with Crippen LogP contribution in [0.5, 0.6) is 11.5 Å². The molecule has 21 heavy (non-hydrogen) atoms. The number of thiophene rings is 1. The Labute approximate surface area is 145 Å². The van der Waals surface area contributed by atoms with E-state index in [4.69, 9.17) is 9.47 Å². The summed E-state index contributed by atoms with van der Waals surface area (Å²) in [5.41, 5.74) is 1.20. The van der Waals surface area contributed by atoms with Crippen molar-refractivity contribution in [2.24, 2.45) is 0 Å². The SMILES string of the molecule is CNC(Cc1ccc(OC)c(OC)c1)c1cc(Br)c(Br)s1. The molecule has 0 fully saturated rings. The van der Waals surface area contributed by atoms with Gasteiger partial charge in [0.1, 0.15) is 0 Å². The van der Waals surface area contributed by atoms with Crippen LogP contribution in [0.1, 0.15) is 16.5 Å². The van der Waals surface area contributed by atoms with Crippen LogP contribution < -0.4 is 14.8 Å². The van der Waals surface area contributed by atoms with Crippen molar-refractivity contribution in [1.82, 2.24) is 5.32 Å². The number of benzene rings is 1. The van der Waals surface area contributed by atoms with Gasteiger partial charge in [0, 0.05) is 15.4 Å². The van der Waals surface area contributed by atoms with E-state index in [2.05, 4.69) is 49.3 Å². The van der Waals surface area contributed by atoms with E-state index < -0.39 is 0 Å². The molecule has 0 aliphatic rings. The number of nitrogens with one attached hydrogen (secondary N) is 1. The summed E-state index contributed by atoms with van der Waals surface area (Å²) in [7, 11) is 5.28. The van der Waals surface area contributed by atoms with Crippen LogP contribution in [-0.4, -0.2) is 21.3 Å². The molecule has 0 radical (unpaired) electrons. The minimum Gasteiger partial charge on any atom is -0.493 e. The largest absolute Gasteiger partial charge is 0.493 e. The highest BCUT2D eigenvalue weighted by Crippen LogP contribution is 2.37. The number of methoxy groups -OCH3 is 2. The Kier molecular flexibility index (Phi) is 6.10. The standard InChI is InChI=1S/C15H17Br2NO2S/c1-18-11(14-8-10(16)15(17)21-14)6-9-4-5-12(19-2)13(7-9)20-3/h4-5,7-8,11,18H,6H2,1-3H3. The third-order valence-electron chi connectivity index (χ3n) is 3.24. The average Bonchev–Trinajstić information content (AvgIpc) is 2.83. The van der Waals surface area contributed by atoms with Crippen LogP contribution in [0.4, 0.5) is 0 Å². The van der Waals surface area contributed by atoms with E-state index in [1.54, 1.807) is 25.6 Å². The van der Waals surface area contributed by atoms with Crippen LogP contribution in [0.15, 0.2) is 32.5 Å². The fourth-order valence-electron chi connectivity index (χ4n) is 2.12.